The fourth-order valence-electron chi connectivity index (χ4n) is 2.28. The molecule has 0 aliphatic carbocycles. The van der Waals surface area contributed by atoms with Gasteiger partial charge in [-0.1, -0.05) is 44.1 Å². The molecule has 0 aliphatic heterocycles. The number of carbonyl (C=O) groups is 1. The molecule has 150 valence electrons. The van der Waals surface area contributed by atoms with Crippen LogP contribution in [0.3, 0.4) is 0 Å². The Kier molecular flexibility index (Phi) is 15.3. The lowest BCUT2D eigenvalue weighted by molar-refractivity contribution is -0.450. The van der Waals surface area contributed by atoms with Crippen LogP contribution in [0.25, 0.3) is 0 Å². The molecule has 0 fully saturated rings. The first kappa shape index (κ1) is 24.4. The highest BCUT2D eigenvalue weighted by molar-refractivity contribution is 5.49. The van der Waals surface area contributed by atoms with E-state index in [0.29, 0.717) is 19.3 Å². The van der Waals surface area contributed by atoms with Gasteiger partial charge in [0.2, 0.25) is 0 Å². The molecule has 0 unspecified atom stereocenters. The van der Waals surface area contributed by atoms with E-state index >= 15 is 0 Å². The van der Waals surface area contributed by atoms with E-state index in [1.165, 1.54) is 12.2 Å². The summed E-state index contributed by atoms with van der Waals surface area (Å²) in [6.45, 7) is 2.12. The van der Waals surface area contributed by atoms with E-state index in [4.69, 9.17) is 0 Å². The molecule has 0 spiro atoms. The van der Waals surface area contributed by atoms with Crippen LogP contribution in [0.1, 0.15) is 71.1 Å². The Balaban J connectivity index is 4.66. The molecule has 0 aliphatic rings. The molecule has 0 N–H and O–H groups in total. The molecule has 0 saturated heterocycles. The first-order chi connectivity index (χ1) is 13.0. The van der Waals surface area contributed by atoms with E-state index in [9.17, 15) is 25.0 Å². The fraction of sp³-hybridized carbons (Fsp3) is 0.550. The third kappa shape index (κ3) is 14.3. The Bertz CT molecular complexity index is 577. The quantitative estimate of drug-likeness (QED) is 0.115. The number of aldehydes is 1. The van der Waals surface area contributed by atoms with Gasteiger partial charge < -0.3 is 4.79 Å². The van der Waals surface area contributed by atoms with Crippen molar-refractivity contribution in [2.75, 3.05) is 0 Å². The number of allylic oxidation sites excluding steroid dienone is 6. The van der Waals surface area contributed by atoms with Crippen LogP contribution in [0.5, 0.6) is 0 Å². The van der Waals surface area contributed by atoms with E-state index in [1.54, 1.807) is 6.08 Å². The summed E-state index contributed by atoms with van der Waals surface area (Å²) in [6.07, 6.45) is 17.9. The zero-order valence-corrected chi connectivity index (χ0v) is 16.0. The second kappa shape index (κ2) is 16.9. The van der Waals surface area contributed by atoms with Gasteiger partial charge >= 0.3 is 0 Å². The molecule has 0 atom stereocenters. The van der Waals surface area contributed by atoms with Crippen molar-refractivity contribution in [3.05, 3.63) is 68.1 Å². The molecule has 0 aromatic rings. The Morgan fingerprint density at radius 2 is 1.30 bits per heavy atom. The number of hydrogen-bond acceptors (Lipinski definition) is 5. The molecule has 0 aromatic heterocycles. The number of hydrogen-bond donors (Lipinski definition) is 0. The van der Waals surface area contributed by atoms with Crippen LogP contribution in [0.2, 0.25) is 0 Å². The molecule has 27 heavy (non-hydrogen) atoms. The van der Waals surface area contributed by atoms with Crippen molar-refractivity contribution in [2.24, 2.45) is 0 Å². The molecule has 0 rings (SSSR count). The summed E-state index contributed by atoms with van der Waals surface area (Å²) in [7, 11) is 0. The largest absolute Gasteiger partial charge is 0.303 e. The van der Waals surface area contributed by atoms with Gasteiger partial charge in [-0.25, -0.2) is 0 Å². The lowest BCUT2D eigenvalue weighted by Crippen LogP contribution is -2.06. The van der Waals surface area contributed by atoms with E-state index in [1.807, 2.05) is 18.2 Å². The monoisotopic (exact) mass is 378 g/mol. The molecular weight excluding hydrogens is 348 g/mol. The molecule has 0 aromatic carbocycles. The average molecular weight is 378 g/mol. The van der Waals surface area contributed by atoms with Gasteiger partial charge in [0.1, 0.15) is 12.7 Å². The van der Waals surface area contributed by atoms with Gasteiger partial charge in [-0.05, 0) is 50.7 Å². The second-order valence-electron chi connectivity index (χ2n) is 6.09. The van der Waals surface area contributed by atoms with E-state index in [-0.39, 0.29) is 17.8 Å². The molecule has 0 amide bonds. The molecule has 0 radical (unpaired) electrons. The number of nitro groups is 2. The number of carbonyl (C=O) groups excluding carboxylic acids is 1. The summed E-state index contributed by atoms with van der Waals surface area (Å²) in [5, 5.41) is 22.3. The van der Waals surface area contributed by atoms with Crippen molar-refractivity contribution >= 4 is 6.29 Å². The summed E-state index contributed by atoms with van der Waals surface area (Å²) in [5.74, 6) is 0. The number of unbranched alkanes of at least 4 members (excludes halogenated alkanes) is 5. The highest BCUT2D eigenvalue weighted by atomic mass is 16.6. The van der Waals surface area contributed by atoms with E-state index in [0.717, 1.165) is 44.8 Å². The van der Waals surface area contributed by atoms with E-state index in [2.05, 4.69) is 6.92 Å². The van der Waals surface area contributed by atoms with Crippen molar-refractivity contribution in [1.29, 1.82) is 0 Å². The minimum absolute atomic E-state index is 0.161. The van der Waals surface area contributed by atoms with Gasteiger partial charge in [0.05, 0.1) is 9.85 Å². The highest BCUT2D eigenvalue weighted by Gasteiger charge is 2.20. The normalized spacial score (nSPS) is 12.8. The standard InChI is InChI=1S/C20H30N2O5/c1-2-3-4-5-6-9-12-15-19(21(24)25)18-20(22(26)27)16-13-10-7-8-11-14-17-23/h6-7,9-10,15-17H,2-5,8,11-14,18H2,1H3/b9-6+,10-7+,19-15-,20-16-. The summed E-state index contributed by atoms with van der Waals surface area (Å²) in [4.78, 5) is 31.4. The van der Waals surface area contributed by atoms with Gasteiger partial charge in [-0.3, -0.25) is 20.2 Å². The van der Waals surface area contributed by atoms with Crippen molar-refractivity contribution in [3.63, 3.8) is 0 Å². The fourth-order valence-corrected chi connectivity index (χ4v) is 2.28. The Morgan fingerprint density at radius 1 is 0.778 bits per heavy atom. The molecule has 0 saturated carbocycles. The summed E-state index contributed by atoms with van der Waals surface area (Å²) >= 11 is 0. The predicted octanol–water partition coefficient (Wildman–Crippen LogP) is 5.54. The zero-order valence-electron chi connectivity index (χ0n) is 16.0. The first-order valence-corrected chi connectivity index (χ1v) is 9.43. The molecule has 7 heteroatoms. The summed E-state index contributed by atoms with van der Waals surface area (Å²) in [6, 6.07) is 0. The van der Waals surface area contributed by atoms with Crippen LogP contribution in [0.4, 0.5) is 0 Å². The molecule has 0 heterocycles. The lowest BCUT2D eigenvalue weighted by atomic mass is 10.1. The Labute approximate surface area is 160 Å². The van der Waals surface area contributed by atoms with Crippen LogP contribution < -0.4 is 0 Å². The zero-order chi connectivity index (χ0) is 20.3. The maximum absolute atomic E-state index is 11.2. The number of rotatable bonds is 16. The summed E-state index contributed by atoms with van der Waals surface area (Å²) < 4.78 is 0. The van der Waals surface area contributed by atoms with Crippen molar-refractivity contribution < 1.29 is 14.6 Å². The van der Waals surface area contributed by atoms with Crippen LogP contribution in [0.15, 0.2) is 47.9 Å². The predicted molar refractivity (Wildman–Crippen MR) is 106 cm³/mol. The Hall–Kier alpha value is -2.57. The van der Waals surface area contributed by atoms with Gasteiger partial charge in [0, 0.05) is 6.42 Å². The Morgan fingerprint density at radius 3 is 1.74 bits per heavy atom. The third-order valence-corrected chi connectivity index (χ3v) is 3.81. The molecule has 0 bridgehead atoms. The maximum Gasteiger partial charge on any atom is 0.253 e. The average Bonchev–Trinajstić information content (AvgIpc) is 2.63. The first-order valence-electron chi connectivity index (χ1n) is 9.43. The SMILES string of the molecule is CCCCC/C=C/C/C=C(/C/C(=C/C/C=C/CCCC=O)[N+](=O)[O-])[N+](=O)[O-]. The van der Waals surface area contributed by atoms with Gasteiger partial charge in [0.15, 0.2) is 0 Å². The summed E-state index contributed by atoms with van der Waals surface area (Å²) in [5.41, 5.74) is -0.339. The van der Waals surface area contributed by atoms with Crippen LogP contribution >= 0.6 is 0 Å². The van der Waals surface area contributed by atoms with Gasteiger partial charge in [-0.15, -0.1) is 0 Å². The highest BCUT2D eigenvalue weighted by Crippen LogP contribution is 2.15. The van der Waals surface area contributed by atoms with Crippen LogP contribution in [-0.2, 0) is 4.79 Å². The van der Waals surface area contributed by atoms with Gasteiger partial charge in [0.25, 0.3) is 11.4 Å². The molecular formula is C20H30N2O5. The van der Waals surface area contributed by atoms with Gasteiger partial charge in [-0.2, -0.15) is 0 Å². The van der Waals surface area contributed by atoms with E-state index < -0.39 is 9.85 Å². The second-order valence-corrected chi connectivity index (χ2v) is 6.09. The topological polar surface area (TPSA) is 103 Å². The van der Waals surface area contributed by atoms with Crippen molar-refractivity contribution in [2.45, 2.75) is 71.1 Å². The minimum Gasteiger partial charge on any atom is -0.303 e. The van der Waals surface area contributed by atoms with Crippen LogP contribution in [0, 0.1) is 20.2 Å². The van der Waals surface area contributed by atoms with Crippen LogP contribution in [-0.4, -0.2) is 16.1 Å². The smallest absolute Gasteiger partial charge is 0.253 e. The maximum atomic E-state index is 11.2. The van der Waals surface area contributed by atoms with Crippen molar-refractivity contribution in [1.82, 2.24) is 0 Å². The molecule has 7 nitrogen and oxygen atoms in total. The number of nitrogens with zero attached hydrogens (tertiary/aromatic N) is 2. The minimum atomic E-state index is -0.571. The lowest BCUT2D eigenvalue weighted by Gasteiger charge is -1.98. The van der Waals surface area contributed by atoms with Crippen molar-refractivity contribution in [3.8, 4) is 0 Å². The third-order valence-electron chi connectivity index (χ3n) is 3.81.